The van der Waals surface area contributed by atoms with E-state index in [1.165, 1.54) is 0 Å². The van der Waals surface area contributed by atoms with E-state index in [0.717, 1.165) is 12.8 Å². The van der Waals surface area contributed by atoms with Crippen LogP contribution in [-0.2, 0) is 9.53 Å². The van der Waals surface area contributed by atoms with Crippen molar-refractivity contribution in [3.05, 3.63) is 0 Å². The standard InChI is InChI=1S/C9H16O3/c1-3-4-8-6(2)7(10)5-9(11)12-8/h6-8,10H,3-5H2,1-2H3/t6-,7+,8+/m0/s1. The van der Waals surface area contributed by atoms with Crippen LogP contribution in [0.4, 0.5) is 0 Å². The van der Waals surface area contributed by atoms with Crippen molar-refractivity contribution in [1.29, 1.82) is 0 Å². The first-order valence-electron chi connectivity index (χ1n) is 4.52. The van der Waals surface area contributed by atoms with Gasteiger partial charge in [0, 0.05) is 5.92 Å². The molecule has 1 aliphatic heterocycles. The molecule has 0 aliphatic carbocycles. The number of carbonyl (C=O) groups is 1. The molecule has 1 heterocycles. The summed E-state index contributed by atoms with van der Waals surface area (Å²) in [6.07, 6.45) is 1.40. The monoisotopic (exact) mass is 172 g/mol. The third-order valence-corrected chi connectivity index (χ3v) is 2.43. The molecule has 1 aliphatic rings. The number of ether oxygens (including phenoxy) is 1. The molecule has 0 spiro atoms. The normalized spacial score (nSPS) is 36.2. The van der Waals surface area contributed by atoms with Crippen LogP contribution in [0.25, 0.3) is 0 Å². The minimum atomic E-state index is -0.511. The Bertz CT molecular complexity index is 167. The van der Waals surface area contributed by atoms with Crippen molar-refractivity contribution in [2.75, 3.05) is 0 Å². The molecule has 1 rings (SSSR count). The molecule has 0 radical (unpaired) electrons. The van der Waals surface area contributed by atoms with Gasteiger partial charge in [-0.25, -0.2) is 0 Å². The Morgan fingerprint density at radius 3 is 2.92 bits per heavy atom. The number of cyclic esters (lactones) is 1. The molecule has 3 atom stereocenters. The summed E-state index contributed by atoms with van der Waals surface area (Å²) in [5.74, 6) is -0.179. The molecule has 0 aromatic heterocycles. The Hall–Kier alpha value is -0.570. The number of carbonyl (C=O) groups excluding carboxylic acids is 1. The SMILES string of the molecule is CCC[C@H]1OC(=O)C[C@@H](O)[C@@H]1C. The molecule has 1 N–H and O–H groups in total. The lowest BCUT2D eigenvalue weighted by atomic mass is 9.90. The molecule has 0 aromatic rings. The predicted octanol–water partition coefficient (Wildman–Crippen LogP) is 1.10. The summed E-state index contributed by atoms with van der Waals surface area (Å²) in [5, 5.41) is 9.44. The Morgan fingerprint density at radius 2 is 2.33 bits per heavy atom. The Labute approximate surface area is 72.7 Å². The molecule has 0 bridgehead atoms. The number of aliphatic hydroxyl groups excluding tert-OH is 1. The third kappa shape index (κ3) is 1.97. The van der Waals surface area contributed by atoms with E-state index in [1.54, 1.807) is 0 Å². The van der Waals surface area contributed by atoms with Crippen LogP contribution < -0.4 is 0 Å². The predicted molar refractivity (Wildman–Crippen MR) is 44.6 cm³/mol. The minimum absolute atomic E-state index is 0.0775. The quantitative estimate of drug-likeness (QED) is 0.634. The Kier molecular flexibility index (Phi) is 3.09. The van der Waals surface area contributed by atoms with E-state index >= 15 is 0 Å². The van der Waals surface area contributed by atoms with Gasteiger partial charge in [0.05, 0.1) is 12.5 Å². The van der Waals surface area contributed by atoms with Crippen molar-refractivity contribution in [2.24, 2.45) is 5.92 Å². The van der Waals surface area contributed by atoms with Gasteiger partial charge in [0.25, 0.3) is 0 Å². The van der Waals surface area contributed by atoms with Crippen LogP contribution in [-0.4, -0.2) is 23.3 Å². The maximum absolute atomic E-state index is 10.9. The summed E-state index contributed by atoms with van der Waals surface area (Å²) >= 11 is 0. The van der Waals surface area contributed by atoms with E-state index in [0.29, 0.717) is 0 Å². The van der Waals surface area contributed by atoms with Crippen LogP contribution in [0, 0.1) is 5.92 Å². The number of hydrogen-bond donors (Lipinski definition) is 1. The van der Waals surface area contributed by atoms with Gasteiger partial charge >= 0.3 is 5.97 Å². The summed E-state index contributed by atoms with van der Waals surface area (Å²) in [6, 6.07) is 0. The minimum Gasteiger partial charge on any atom is -0.462 e. The lowest BCUT2D eigenvalue weighted by Crippen LogP contribution is -2.40. The van der Waals surface area contributed by atoms with Crippen molar-refractivity contribution in [3.8, 4) is 0 Å². The van der Waals surface area contributed by atoms with Gasteiger partial charge in [-0.3, -0.25) is 4.79 Å². The summed E-state index contributed by atoms with van der Waals surface area (Å²) in [6.45, 7) is 3.97. The molecule has 0 amide bonds. The third-order valence-electron chi connectivity index (χ3n) is 2.43. The zero-order chi connectivity index (χ0) is 9.14. The molecular formula is C9H16O3. The Balaban J connectivity index is 2.53. The highest BCUT2D eigenvalue weighted by atomic mass is 16.5. The van der Waals surface area contributed by atoms with Gasteiger partial charge in [-0.2, -0.15) is 0 Å². The first-order valence-corrected chi connectivity index (χ1v) is 4.52. The highest BCUT2D eigenvalue weighted by Gasteiger charge is 2.33. The second kappa shape index (κ2) is 3.90. The van der Waals surface area contributed by atoms with E-state index in [2.05, 4.69) is 0 Å². The van der Waals surface area contributed by atoms with E-state index in [1.807, 2.05) is 13.8 Å². The number of esters is 1. The summed E-state index contributed by atoms with van der Waals surface area (Å²) in [5.41, 5.74) is 0. The molecule has 0 unspecified atom stereocenters. The van der Waals surface area contributed by atoms with Crippen LogP contribution in [0.5, 0.6) is 0 Å². The van der Waals surface area contributed by atoms with Crippen LogP contribution in [0.1, 0.15) is 33.1 Å². The number of rotatable bonds is 2. The average Bonchev–Trinajstić information content (AvgIpc) is 2.00. The van der Waals surface area contributed by atoms with Gasteiger partial charge in [0.15, 0.2) is 0 Å². The van der Waals surface area contributed by atoms with Crippen molar-refractivity contribution >= 4 is 5.97 Å². The molecular weight excluding hydrogens is 156 g/mol. The van der Waals surface area contributed by atoms with Gasteiger partial charge in [-0.1, -0.05) is 20.3 Å². The summed E-state index contributed by atoms with van der Waals surface area (Å²) < 4.78 is 5.11. The molecule has 3 heteroatoms. The first-order chi connectivity index (χ1) is 5.65. The topological polar surface area (TPSA) is 46.5 Å². The van der Waals surface area contributed by atoms with Crippen LogP contribution in [0.15, 0.2) is 0 Å². The van der Waals surface area contributed by atoms with E-state index < -0.39 is 6.10 Å². The lowest BCUT2D eigenvalue weighted by Gasteiger charge is -2.32. The maximum Gasteiger partial charge on any atom is 0.308 e. The van der Waals surface area contributed by atoms with Gasteiger partial charge < -0.3 is 9.84 Å². The van der Waals surface area contributed by atoms with Gasteiger partial charge in [0.2, 0.25) is 0 Å². The maximum atomic E-state index is 10.9. The highest BCUT2D eigenvalue weighted by molar-refractivity contribution is 5.71. The molecule has 70 valence electrons. The first kappa shape index (κ1) is 9.52. The second-order valence-corrected chi connectivity index (χ2v) is 3.45. The molecule has 0 aromatic carbocycles. The summed E-state index contributed by atoms with van der Waals surface area (Å²) in [4.78, 5) is 10.9. The molecule has 1 fully saturated rings. The fourth-order valence-corrected chi connectivity index (χ4v) is 1.54. The molecule has 1 saturated heterocycles. The van der Waals surface area contributed by atoms with Gasteiger partial charge in [-0.15, -0.1) is 0 Å². The van der Waals surface area contributed by atoms with Gasteiger partial charge in [0.1, 0.15) is 6.10 Å². The highest BCUT2D eigenvalue weighted by Crippen LogP contribution is 2.24. The van der Waals surface area contributed by atoms with E-state index in [4.69, 9.17) is 4.74 Å². The fourth-order valence-electron chi connectivity index (χ4n) is 1.54. The van der Waals surface area contributed by atoms with Crippen molar-refractivity contribution in [2.45, 2.75) is 45.3 Å². The summed E-state index contributed by atoms with van der Waals surface area (Å²) in [7, 11) is 0. The molecule has 12 heavy (non-hydrogen) atoms. The molecule has 3 nitrogen and oxygen atoms in total. The smallest absolute Gasteiger partial charge is 0.308 e. The van der Waals surface area contributed by atoms with Crippen LogP contribution in [0.2, 0.25) is 0 Å². The Morgan fingerprint density at radius 1 is 1.67 bits per heavy atom. The van der Waals surface area contributed by atoms with Crippen LogP contribution >= 0.6 is 0 Å². The molecule has 0 saturated carbocycles. The zero-order valence-electron chi connectivity index (χ0n) is 7.62. The van der Waals surface area contributed by atoms with Crippen molar-refractivity contribution < 1.29 is 14.6 Å². The van der Waals surface area contributed by atoms with Crippen molar-refractivity contribution in [3.63, 3.8) is 0 Å². The second-order valence-electron chi connectivity index (χ2n) is 3.45. The zero-order valence-corrected chi connectivity index (χ0v) is 7.62. The van der Waals surface area contributed by atoms with E-state index in [-0.39, 0.29) is 24.4 Å². The fraction of sp³-hybridized carbons (Fsp3) is 0.889. The average molecular weight is 172 g/mol. The van der Waals surface area contributed by atoms with Gasteiger partial charge in [-0.05, 0) is 6.42 Å². The van der Waals surface area contributed by atoms with Crippen molar-refractivity contribution in [1.82, 2.24) is 0 Å². The lowest BCUT2D eigenvalue weighted by molar-refractivity contribution is -0.167. The van der Waals surface area contributed by atoms with E-state index in [9.17, 15) is 9.90 Å². The number of aliphatic hydroxyl groups is 1. The van der Waals surface area contributed by atoms with Crippen LogP contribution in [0.3, 0.4) is 0 Å². The largest absolute Gasteiger partial charge is 0.462 e. The number of hydrogen-bond acceptors (Lipinski definition) is 3.